The van der Waals surface area contributed by atoms with Gasteiger partial charge >= 0.3 is 6.18 Å². The van der Waals surface area contributed by atoms with Crippen LogP contribution in [0.1, 0.15) is 34.8 Å². The van der Waals surface area contributed by atoms with E-state index in [1.807, 2.05) is 25.1 Å². The molecule has 0 aromatic heterocycles. The molecular weight excluding hydrogens is 368 g/mol. The van der Waals surface area contributed by atoms with E-state index < -0.39 is 11.7 Å². The number of aryl methyl sites for hydroxylation is 2. The molecular formula is C23H18F4O. The second-order valence-corrected chi connectivity index (χ2v) is 7.07. The Morgan fingerprint density at radius 2 is 1.68 bits per heavy atom. The molecule has 1 aliphatic heterocycles. The predicted molar refractivity (Wildman–Crippen MR) is 99.7 cm³/mol. The van der Waals surface area contributed by atoms with E-state index in [0.29, 0.717) is 29.7 Å². The zero-order chi connectivity index (χ0) is 19.9. The molecule has 3 aromatic carbocycles. The largest absolute Gasteiger partial charge is 0.485 e. The lowest BCUT2D eigenvalue weighted by molar-refractivity contribution is -0.137. The van der Waals surface area contributed by atoms with E-state index >= 15 is 0 Å². The summed E-state index contributed by atoms with van der Waals surface area (Å²) in [6, 6.07) is 15.8. The molecule has 0 N–H and O–H groups in total. The fourth-order valence-corrected chi connectivity index (χ4v) is 3.53. The van der Waals surface area contributed by atoms with Gasteiger partial charge < -0.3 is 4.74 Å². The zero-order valence-electron chi connectivity index (χ0n) is 15.2. The fraction of sp³-hybridized carbons (Fsp3) is 0.217. The second kappa shape index (κ2) is 6.97. The number of rotatable bonds is 2. The third-order valence-electron chi connectivity index (χ3n) is 5.05. The standard InChI is InChI=1S/C23H18F4O/c1-14-2-9-19(20(24)12-14)16-5-10-22-17(13-16)6-11-21(28-22)15-3-7-18(8-4-15)23(25,26)27/h2-5,7-10,12-13,21H,6,11H2,1H3. The Hall–Kier alpha value is -2.82. The van der Waals surface area contributed by atoms with Gasteiger partial charge in [0.2, 0.25) is 0 Å². The van der Waals surface area contributed by atoms with Crippen LogP contribution in [0.25, 0.3) is 11.1 Å². The zero-order valence-corrected chi connectivity index (χ0v) is 15.2. The van der Waals surface area contributed by atoms with E-state index in [1.165, 1.54) is 18.2 Å². The molecule has 4 rings (SSSR count). The maximum atomic E-state index is 14.3. The van der Waals surface area contributed by atoms with Crippen LogP contribution < -0.4 is 4.74 Å². The molecule has 0 saturated carbocycles. The van der Waals surface area contributed by atoms with Crippen molar-refractivity contribution in [3.8, 4) is 16.9 Å². The molecule has 1 heterocycles. The van der Waals surface area contributed by atoms with Crippen LogP contribution in [0.4, 0.5) is 17.6 Å². The van der Waals surface area contributed by atoms with Gasteiger partial charge in [0.15, 0.2) is 0 Å². The van der Waals surface area contributed by atoms with E-state index in [-0.39, 0.29) is 11.9 Å². The number of fused-ring (bicyclic) bond motifs is 1. The van der Waals surface area contributed by atoms with Gasteiger partial charge in [-0.1, -0.05) is 30.3 Å². The highest BCUT2D eigenvalue weighted by Crippen LogP contribution is 2.38. The van der Waals surface area contributed by atoms with Crippen LogP contribution in [0.15, 0.2) is 60.7 Å². The molecule has 1 unspecified atom stereocenters. The van der Waals surface area contributed by atoms with Crippen LogP contribution in [0.5, 0.6) is 5.75 Å². The van der Waals surface area contributed by atoms with Crippen LogP contribution in [0, 0.1) is 12.7 Å². The number of ether oxygens (including phenoxy) is 1. The molecule has 0 bridgehead atoms. The van der Waals surface area contributed by atoms with E-state index in [9.17, 15) is 17.6 Å². The first-order valence-electron chi connectivity index (χ1n) is 9.04. The summed E-state index contributed by atoms with van der Waals surface area (Å²) in [6.45, 7) is 1.84. The van der Waals surface area contributed by atoms with Crippen molar-refractivity contribution in [3.05, 3.63) is 88.7 Å². The van der Waals surface area contributed by atoms with Gasteiger partial charge in [0.05, 0.1) is 5.56 Å². The topological polar surface area (TPSA) is 9.23 Å². The van der Waals surface area contributed by atoms with Crippen molar-refractivity contribution in [2.75, 3.05) is 0 Å². The highest BCUT2D eigenvalue weighted by molar-refractivity contribution is 5.67. The summed E-state index contributed by atoms with van der Waals surface area (Å²) in [4.78, 5) is 0. The molecule has 0 saturated heterocycles. The minimum Gasteiger partial charge on any atom is -0.485 e. The predicted octanol–water partition coefficient (Wildman–Crippen LogP) is 6.89. The Bertz CT molecular complexity index is 1010. The van der Waals surface area contributed by atoms with Gasteiger partial charge in [-0.25, -0.2) is 4.39 Å². The Labute approximate surface area is 160 Å². The molecule has 1 nitrogen and oxygen atoms in total. The van der Waals surface area contributed by atoms with E-state index in [0.717, 1.165) is 28.8 Å². The van der Waals surface area contributed by atoms with Crippen molar-refractivity contribution in [2.45, 2.75) is 32.0 Å². The maximum Gasteiger partial charge on any atom is 0.416 e. The first-order chi connectivity index (χ1) is 13.3. The van der Waals surface area contributed by atoms with Gasteiger partial charge in [-0.2, -0.15) is 13.2 Å². The van der Waals surface area contributed by atoms with Crippen LogP contribution in [-0.2, 0) is 12.6 Å². The molecule has 0 spiro atoms. The maximum absolute atomic E-state index is 14.3. The van der Waals surface area contributed by atoms with Crippen molar-refractivity contribution in [1.82, 2.24) is 0 Å². The van der Waals surface area contributed by atoms with Crippen LogP contribution in [-0.4, -0.2) is 0 Å². The smallest absolute Gasteiger partial charge is 0.416 e. The molecule has 0 fully saturated rings. The molecule has 3 aromatic rings. The minimum absolute atomic E-state index is 0.265. The lowest BCUT2D eigenvalue weighted by atomic mass is 9.94. The van der Waals surface area contributed by atoms with Crippen LogP contribution >= 0.6 is 0 Å². The molecule has 144 valence electrons. The number of benzene rings is 3. The lowest BCUT2D eigenvalue weighted by Gasteiger charge is -2.27. The lowest BCUT2D eigenvalue weighted by Crippen LogP contribution is -2.15. The van der Waals surface area contributed by atoms with E-state index in [1.54, 1.807) is 12.1 Å². The van der Waals surface area contributed by atoms with Crippen molar-refractivity contribution in [3.63, 3.8) is 0 Å². The molecule has 0 radical (unpaired) electrons. The van der Waals surface area contributed by atoms with Gasteiger partial charge in [0.25, 0.3) is 0 Å². The molecule has 0 amide bonds. The van der Waals surface area contributed by atoms with Crippen molar-refractivity contribution in [1.29, 1.82) is 0 Å². The summed E-state index contributed by atoms with van der Waals surface area (Å²) in [5.74, 6) is 0.423. The van der Waals surface area contributed by atoms with Gasteiger partial charge in [0, 0.05) is 5.56 Å². The Morgan fingerprint density at radius 1 is 0.929 bits per heavy atom. The quantitative estimate of drug-likeness (QED) is 0.436. The molecule has 1 aliphatic rings. The normalized spacial score (nSPS) is 16.4. The third-order valence-corrected chi connectivity index (χ3v) is 5.05. The van der Waals surface area contributed by atoms with Crippen LogP contribution in [0.3, 0.4) is 0 Å². The van der Waals surface area contributed by atoms with Crippen molar-refractivity contribution >= 4 is 0 Å². The summed E-state index contributed by atoms with van der Waals surface area (Å²) < 4.78 is 58.5. The van der Waals surface area contributed by atoms with Gasteiger partial charge in [-0.15, -0.1) is 0 Å². The first kappa shape index (κ1) is 18.5. The number of hydrogen-bond donors (Lipinski definition) is 0. The third kappa shape index (κ3) is 3.61. The summed E-state index contributed by atoms with van der Waals surface area (Å²) in [5, 5.41) is 0. The number of halogens is 4. The van der Waals surface area contributed by atoms with Gasteiger partial charge in [-0.05, 0) is 72.4 Å². The molecule has 28 heavy (non-hydrogen) atoms. The number of hydrogen-bond acceptors (Lipinski definition) is 1. The highest BCUT2D eigenvalue weighted by atomic mass is 19.4. The Balaban J connectivity index is 1.56. The first-order valence-corrected chi connectivity index (χ1v) is 9.04. The van der Waals surface area contributed by atoms with E-state index in [2.05, 4.69) is 0 Å². The summed E-state index contributed by atoms with van der Waals surface area (Å²) >= 11 is 0. The fourth-order valence-electron chi connectivity index (χ4n) is 3.53. The van der Waals surface area contributed by atoms with Crippen molar-refractivity contribution in [2.24, 2.45) is 0 Å². The summed E-state index contributed by atoms with van der Waals surface area (Å²) in [6.07, 6.45) is -3.28. The highest BCUT2D eigenvalue weighted by Gasteiger charge is 2.30. The minimum atomic E-state index is -4.35. The SMILES string of the molecule is Cc1ccc(-c2ccc3c(c2)CCC(c2ccc(C(F)(F)F)cc2)O3)c(F)c1. The van der Waals surface area contributed by atoms with Gasteiger partial charge in [-0.3, -0.25) is 0 Å². The summed E-state index contributed by atoms with van der Waals surface area (Å²) in [7, 11) is 0. The average Bonchev–Trinajstić information content (AvgIpc) is 2.67. The van der Waals surface area contributed by atoms with E-state index in [4.69, 9.17) is 4.74 Å². The Kier molecular flexibility index (Phi) is 4.61. The summed E-state index contributed by atoms with van der Waals surface area (Å²) in [5.41, 5.74) is 3.21. The number of alkyl halides is 3. The van der Waals surface area contributed by atoms with Crippen LogP contribution in [0.2, 0.25) is 0 Å². The molecule has 0 aliphatic carbocycles. The molecule has 5 heteroatoms. The van der Waals surface area contributed by atoms with Crippen molar-refractivity contribution < 1.29 is 22.3 Å². The average molecular weight is 386 g/mol. The molecule has 1 atom stereocenters. The second-order valence-electron chi connectivity index (χ2n) is 7.07. The Morgan fingerprint density at radius 3 is 2.36 bits per heavy atom. The monoisotopic (exact) mass is 386 g/mol. The van der Waals surface area contributed by atoms with Gasteiger partial charge in [0.1, 0.15) is 17.7 Å².